The molecule has 2 amide bonds. The maximum absolute atomic E-state index is 12.9. The van der Waals surface area contributed by atoms with Crippen LogP contribution in [0.2, 0.25) is 0 Å². The third-order valence-corrected chi connectivity index (χ3v) is 4.57. The standard InChI is InChI=1S/C18H19F3N2O5S/c1-10-9-11(18(19,20)21)7-8-13(10)23-16(24)12-5-4-6-14(28-29(3,26)27)15(12)17(25)22-2/h4-6,8-9,11H,7H2,1-3H3,(H,22,25)(H,23,24). The fourth-order valence-corrected chi connectivity index (χ4v) is 3.21. The number of hydrogen-bond acceptors (Lipinski definition) is 5. The Morgan fingerprint density at radius 1 is 1.21 bits per heavy atom. The summed E-state index contributed by atoms with van der Waals surface area (Å²) in [6.45, 7) is 1.42. The van der Waals surface area contributed by atoms with Gasteiger partial charge in [-0.05, 0) is 31.1 Å². The fraction of sp³-hybridized carbons (Fsp3) is 0.333. The molecule has 1 atom stereocenters. The van der Waals surface area contributed by atoms with Gasteiger partial charge in [0.2, 0.25) is 0 Å². The minimum Gasteiger partial charge on any atom is -0.382 e. The van der Waals surface area contributed by atoms with Crippen LogP contribution in [0.3, 0.4) is 0 Å². The third kappa shape index (κ3) is 5.59. The number of hydrogen-bond donors (Lipinski definition) is 2. The van der Waals surface area contributed by atoms with Crippen LogP contribution in [-0.2, 0) is 10.1 Å². The summed E-state index contributed by atoms with van der Waals surface area (Å²) in [5.41, 5.74) is -0.119. The maximum Gasteiger partial charge on any atom is 0.395 e. The van der Waals surface area contributed by atoms with Crippen LogP contribution in [0.5, 0.6) is 5.75 Å². The Labute approximate surface area is 165 Å². The number of carbonyl (C=O) groups is 2. The highest BCUT2D eigenvalue weighted by molar-refractivity contribution is 7.86. The van der Waals surface area contributed by atoms with E-state index in [1.165, 1.54) is 38.2 Å². The Bertz CT molecular complexity index is 997. The molecule has 1 aromatic rings. The van der Waals surface area contributed by atoms with Crippen molar-refractivity contribution in [3.8, 4) is 5.75 Å². The first-order valence-corrected chi connectivity index (χ1v) is 10.2. The van der Waals surface area contributed by atoms with E-state index < -0.39 is 34.0 Å². The first kappa shape index (κ1) is 22.5. The molecule has 1 unspecified atom stereocenters. The fourth-order valence-electron chi connectivity index (χ4n) is 2.74. The van der Waals surface area contributed by atoms with Gasteiger partial charge in [-0.25, -0.2) is 0 Å². The normalized spacial score (nSPS) is 17.1. The van der Waals surface area contributed by atoms with Crippen LogP contribution in [0.25, 0.3) is 0 Å². The zero-order chi connectivity index (χ0) is 22.0. The van der Waals surface area contributed by atoms with E-state index in [1.54, 1.807) is 0 Å². The Morgan fingerprint density at radius 3 is 2.38 bits per heavy atom. The average Bonchev–Trinajstić information content (AvgIpc) is 2.60. The number of halogens is 3. The number of alkyl halides is 3. The lowest BCUT2D eigenvalue weighted by Gasteiger charge is -2.23. The molecular weight excluding hydrogens is 413 g/mol. The van der Waals surface area contributed by atoms with Gasteiger partial charge >= 0.3 is 16.3 Å². The molecule has 0 saturated heterocycles. The first-order chi connectivity index (χ1) is 13.3. The van der Waals surface area contributed by atoms with Gasteiger partial charge in [0.15, 0.2) is 5.75 Å². The summed E-state index contributed by atoms with van der Waals surface area (Å²) < 4.78 is 66.3. The Morgan fingerprint density at radius 2 is 1.86 bits per heavy atom. The molecule has 29 heavy (non-hydrogen) atoms. The summed E-state index contributed by atoms with van der Waals surface area (Å²) in [6.07, 6.45) is -1.68. The van der Waals surface area contributed by atoms with Crippen LogP contribution in [0, 0.1) is 5.92 Å². The van der Waals surface area contributed by atoms with Gasteiger partial charge in [-0.1, -0.05) is 18.2 Å². The molecule has 11 heteroatoms. The minimum atomic E-state index is -4.39. The predicted octanol–water partition coefficient (Wildman–Crippen LogP) is 2.53. The summed E-state index contributed by atoms with van der Waals surface area (Å²) in [5.74, 6) is -3.55. The number of allylic oxidation sites excluding steroid dienone is 3. The van der Waals surface area contributed by atoms with Crippen LogP contribution in [-0.4, -0.2) is 39.7 Å². The molecule has 1 aliphatic carbocycles. The van der Waals surface area contributed by atoms with Crippen LogP contribution >= 0.6 is 0 Å². The highest BCUT2D eigenvalue weighted by Gasteiger charge is 2.38. The molecule has 158 valence electrons. The second-order valence-electron chi connectivity index (χ2n) is 6.35. The molecule has 0 bridgehead atoms. The second-order valence-corrected chi connectivity index (χ2v) is 7.93. The lowest BCUT2D eigenvalue weighted by Crippen LogP contribution is -2.30. The van der Waals surface area contributed by atoms with E-state index in [1.807, 2.05) is 0 Å². The van der Waals surface area contributed by atoms with Gasteiger partial charge in [-0.3, -0.25) is 9.59 Å². The van der Waals surface area contributed by atoms with Gasteiger partial charge in [0.1, 0.15) is 0 Å². The van der Waals surface area contributed by atoms with Crippen LogP contribution in [0.1, 0.15) is 34.1 Å². The van der Waals surface area contributed by atoms with Crippen molar-refractivity contribution < 1.29 is 35.4 Å². The van der Waals surface area contributed by atoms with Crippen molar-refractivity contribution in [2.45, 2.75) is 19.5 Å². The van der Waals surface area contributed by atoms with E-state index in [9.17, 15) is 31.2 Å². The zero-order valence-electron chi connectivity index (χ0n) is 15.8. The zero-order valence-corrected chi connectivity index (χ0v) is 16.6. The lowest BCUT2D eigenvalue weighted by atomic mass is 9.94. The van der Waals surface area contributed by atoms with Gasteiger partial charge in [0.05, 0.1) is 23.3 Å². The van der Waals surface area contributed by atoms with Crippen LogP contribution in [0.4, 0.5) is 13.2 Å². The molecule has 1 aromatic carbocycles. The van der Waals surface area contributed by atoms with E-state index in [-0.39, 0.29) is 34.6 Å². The van der Waals surface area contributed by atoms with Crippen molar-refractivity contribution in [3.05, 3.63) is 52.7 Å². The van der Waals surface area contributed by atoms with Gasteiger partial charge < -0.3 is 14.8 Å². The van der Waals surface area contributed by atoms with E-state index in [4.69, 9.17) is 4.18 Å². The molecule has 0 aliphatic heterocycles. The monoisotopic (exact) mass is 432 g/mol. The van der Waals surface area contributed by atoms with Crippen molar-refractivity contribution in [1.82, 2.24) is 10.6 Å². The molecule has 0 radical (unpaired) electrons. The number of carbonyl (C=O) groups excluding carboxylic acids is 2. The summed E-state index contributed by atoms with van der Waals surface area (Å²) in [7, 11) is -2.69. The molecule has 2 rings (SSSR count). The molecular formula is C18H19F3N2O5S. The van der Waals surface area contributed by atoms with E-state index in [0.29, 0.717) is 0 Å². The lowest BCUT2D eigenvalue weighted by molar-refractivity contribution is -0.160. The van der Waals surface area contributed by atoms with Gasteiger partial charge in [-0.2, -0.15) is 21.6 Å². The number of rotatable bonds is 5. The number of benzene rings is 1. The van der Waals surface area contributed by atoms with Crippen molar-refractivity contribution in [2.24, 2.45) is 5.92 Å². The van der Waals surface area contributed by atoms with Gasteiger partial charge in [0.25, 0.3) is 11.8 Å². The number of amides is 2. The quantitative estimate of drug-likeness (QED) is 0.697. The van der Waals surface area contributed by atoms with E-state index in [2.05, 4.69) is 10.6 Å². The Hall–Kier alpha value is -2.82. The van der Waals surface area contributed by atoms with Crippen molar-refractivity contribution in [2.75, 3.05) is 13.3 Å². The van der Waals surface area contributed by atoms with Gasteiger partial charge in [0, 0.05) is 12.7 Å². The summed E-state index contributed by atoms with van der Waals surface area (Å²) >= 11 is 0. The molecule has 1 aliphatic rings. The number of nitrogens with one attached hydrogen (secondary N) is 2. The van der Waals surface area contributed by atoms with E-state index in [0.717, 1.165) is 12.3 Å². The average molecular weight is 432 g/mol. The summed E-state index contributed by atoms with van der Waals surface area (Å²) in [5, 5.41) is 4.76. The minimum absolute atomic E-state index is 0.174. The largest absolute Gasteiger partial charge is 0.395 e. The smallest absolute Gasteiger partial charge is 0.382 e. The molecule has 0 fully saturated rings. The highest BCUT2D eigenvalue weighted by atomic mass is 32.2. The van der Waals surface area contributed by atoms with E-state index >= 15 is 0 Å². The molecule has 0 heterocycles. The van der Waals surface area contributed by atoms with Crippen molar-refractivity contribution in [3.63, 3.8) is 0 Å². The summed E-state index contributed by atoms with van der Waals surface area (Å²) in [4.78, 5) is 24.9. The molecule has 7 nitrogen and oxygen atoms in total. The molecule has 0 saturated carbocycles. The van der Waals surface area contributed by atoms with Crippen LogP contribution < -0.4 is 14.8 Å². The Balaban J connectivity index is 2.37. The predicted molar refractivity (Wildman–Crippen MR) is 98.8 cm³/mol. The highest BCUT2D eigenvalue weighted by Crippen LogP contribution is 2.35. The second kappa shape index (κ2) is 8.27. The molecule has 2 N–H and O–H groups in total. The summed E-state index contributed by atoms with van der Waals surface area (Å²) in [6, 6.07) is 3.80. The van der Waals surface area contributed by atoms with Crippen LogP contribution in [0.15, 0.2) is 41.6 Å². The van der Waals surface area contributed by atoms with Gasteiger partial charge in [-0.15, -0.1) is 0 Å². The Kier molecular flexibility index (Phi) is 6.41. The SMILES string of the molecule is CNC(=O)c1c(OS(C)(=O)=O)cccc1C(=O)NC1=CCC(C(F)(F)F)C=C1C. The van der Waals surface area contributed by atoms with Crippen molar-refractivity contribution >= 4 is 21.9 Å². The third-order valence-electron chi connectivity index (χ3n) is 4.09. The maximum atomic E-state index is 12.9. The van der Waals surface area contributed by atoms with Crippen molar-refractivity contribution in [1.29, 1.82) is 0 Å². The topological polar surface area (TPSA) is 102 Å². The molecule has 0 aromatic heterocycles. The first-order valence-electron chi connectivity index (χ1n) is 8.35. The molecule has 0 spiro atoms.